The van der Waals surface area contributed by atoms with E-state index in [2.05, 4.69) is 10.3 Å². The second kappa shape index (κ2) is 5.72. The van der Waals surface area contributed by atoms with Gasteiger partial charge >= 0.3 is 0 Å². The summed E-state index contributed by atoms with van der Waals surface area (Å²) in [5.74, 6) is 1.87. The molecule has 0 spiro atoms. The zero-order chi connectivity index (χ0) is 12.1. The second-order valence-corrected chi connectivity index (χ2v) is 4.13. The van der Waals surface area contributed by atoms with Gasteiger partial charge in [0.1, 0.15) is 5.82 Å². The number of nitrogens with zero attached hydrogens (tertiary/aromatic N) is 1. The van der Waals surface area contributed by atoms with Gasteiger partial charge < -0.3 is 20.5 Å². The lowest BCUT2D eigenvalue weighted by Gasteiger charge is -2.12. The van der Waals surface area contributed by atoms with E-state index in [1.807, 2.05) is 19.1 Å². The predicted octanol–water partition coefficient (Wildman–Crippen LogP) is 1.51. The summed E-state index contributed by atoms with van der Waals surface area (Å²) in [5, 5.41) is 3.29. The Kier molecular flexibility index (Phi) is 4.03. The number of hydrogen-bond donors (Lipinski definition) is 2. The minimum Gasteiger partial charge on any atom is -0.476 e. The molecule has 0 radical (unpaired) electrons. The first-order chi connectivity index (χ1) is 8.29. The summed E-state index contributed by atoms with van der Waals surface area (Å²) in [6.07, 6.45) is 1.11. The Bertz CT molecular complexity index is 365. The summed E-state index contributed by atoms with van der Waals surface area (Å²) in [5.41, 5.74) is 6.33. The van der Waals surface area contributed by atoms with Crippen molar-refractivity contribution in [2.45, 2.75) is 13.3 Å². The lowest BCUT2D eigenvalue weighted by atomic mass is 10.1. The number of pyridine rings is 1. The molecule has 1 aromatic rings. The molecule has 1 saturated heterocycles. The van der Waals surface area contributed by atoms with Crippen LogP contribution in [0, 0.1) is 5.92 Å². The van der Waals surface area contributed by atoms with E-state index in [1.165, 1.54) is 0 Å². The van der Waals surface area contributed by atoms with E-state index in [1.54, 1.807) is 0 Å². The first-order valence-corrected chi connectivity index (χ1v) is 6.00. The maximum atomic E-state index is 5.76. The van der Waals surface area contributed by atoms with Crippen LogP contribution in [-0.2, 0) is 4.74 Å². The van der Waals surface area contributed by atoms with E-state index >= 15 is 0 Å². The summed E-state index contributed by atoms with van der Waals surface area (Å²) >= 11 is 0. The van der Waals surface area contributed by atoms with E-state index in [0.29, 0.717) is 24.1 Å². The van der Waals surface area contributed by atoms with E-state index in [4.69, 9.17) is 15.2 Å². The highest BCUT2D eigenvalue weighted by Gasteiger charge is 2.15. The molecule has 0 saturated carbocycles. The monoisotopic (exact) mass is 237 g/mol. The zero-order valence-electron chi connectivity index (χ0n) is 10.1. The molecule has 17 heavy (non-hydrogen) atoms. The van der Waals surface area contributed by atoms with Crippen molar-refractivity contribution in [1.29, 1.82) is 0 Å². The highest BCUT2D eigenvalue weighted by molar-refractivity contribution is 5.53. The molecule has 0 bridgehead atoms. The molecular formula is C12H19N3O2. The molecule has 2 rings (SSSR count). The smallest absolute Gasteiger partial charge is 0.239 e. The SMILES string of the molecule is CCOc1nc(NCC2CCOC2)ccc1N. The number of aromatic nitrogens is 1. The topological polar surface area (TPSA) is 69.4 Å². The van der Waals surface area contributed by atoms with Crippen molar-refractivity contribution in [3.05, 3.63) is 12.1 Å². The van der Waals surface area contributed by atoms with Gasteiger partial charge in [0.05, 0.1) is 18.9 Å². The normalized spacial score (nSPS) is 19.2. The third kappa shape index (κ3) is 3.23. The Morgan fingerprint density at radius 3 is 3.18 bits per heavy atom. The average Bonchev–Trinajstić information content (AvgIpc) is 2.83. The molecule has 2 heterocycles. The molecule has 0 aromatic carbocycles. The Morgan fingerprint density at radius 2 is 2.47 bits per heavy atom. The third-order valence-electron chi connectivity index (χ3n) is 2.77. The Balaban J connectivity index is 1.93. The van der Waals surface area contributed by atoms with E-state index in [-0.39, 0.29) is 0 Å². The van der Waals surface area contributed by atoms with Gasteiger partial charge in [-0.3, -0.25) is 0 Å². The fourth-order valence-corrected chi connectivity index (χ4v) is 1.80. The first kappa shape index (κ1) is 12.0. The number of nitrogens with two attached hydrogens (primary N) is 1. The number of nitrogen functional groups attached to an aromatic ring is 1. The minimum absolute atomic E-state index is 0.500. The van der Waals surface area contributed by atoms with Crippen molar-refractivity contribution in [2.75, 3.05) is 37.4 Å². The maximum absolute atomic E-state index is 5.76. The molecule has 3 N–H and O–H groups in total. The van der Waals surface area contributed by atoms with Gasteiger partial charge in [-0.2, -0.15) is 4.98 Å². The standard InChI is InChI=1S/C12H19N3O2/c1-2-17-12-10(13)3-4-11(15-12)14-7-9-5-6-16-8-9/h3-4,9H,2,5-8,13H2,1H3,(H,14,15). The van der Waals surface area contributed by atoms with Crippen LogP contribution in [0.15, 0.2) is 12.1 Å². The molecule has 1 aliphatic rings. The van der Waals surface area contributed by atoms with Gasteiger partial charge in [0.2, 0.25) is 5.88 Å². The molecule has 1 fully saturated rings. The van der Waals surface area contributed by atoms with Crippen molar-refractivity contribution in [1.82, 2.24) is 4.98 Å². The van der Waals surface area contributed by atoms with Gasteiger partial charge in [0, 0.05) is 19.1 Å². The van der Waals surface area contributed by atoms with Gasteiger partial charge in [-0.1, -0.05) is 0 Å². The summed E-state index contributed by atoms with van der Waals surface area (Å²) in [4.78, 5) is 4.32. The third-order valence-corrected chi connectivity index (χ3v) is 2.77. The predicted molar refractivity (Wildman–Crippen MR) is 67.2 cm³/mol. The summed E-state index contributed by atoms with van der Waals surface area (Å²) in [6.45, 7) is 5.06. The fraction of sp³-hybridized carbons (Fsp3) is 0.583. The van der Waals surface area contributed by atoms with Gasteiger partial charge in [-0.15, -0.1) is 0 Å². The lowest BCUT2D eigenvalue weighted by Crippen LogP contribution is -2.15. The number of nitrogens with one attached hydrogen (secondary N) is 1. The van der Waals surface area contributed by atoms with Crippen LogP contribution in [0.25, 0.3) is 0 Å². The van der Waals surface area contributed by atoms with Crippen molar-refractivity contribution in [2.24, 2.45) is 5.92 Å². The molecule has 5 nitrogen and oxygen atoms in total. The van der Waals surface area contributed by atoms with Gasteiger partial charge in [0.15, 0.2) is 0 Å². The van der Waals surface area contributed by atoms with Crippen LogP contribution in [0.4, 0.5) is 11.5 Å². The maximum Gasteiger partial charge on any atom is 0.239 e. The largest absolute Gasteiger partial charge is 0.476 e. The van der Waals surface area contributed by atoms with E-state index in [0.717, 1.165) is 32.0 Å². The molecule has 1 aliphatic heterocycles. The van der Waals surface area contributed by atoms with Gasteiger partial charge in [-0.05, 0) is 25.5 Å². The number of anilines is 2. The van der Waals surface area contributed by atoms with E-state index in [9.17, 15) is 0 Å². The van der Waals surface area contributed by atoms with Crippen LogP contribution >= 0.6 is 0 Å². The van der Waals surface area contributed by atoms with Crippen molar-refractivity contribution < 1.29 is 9.47 Å². The van der Waals surface area contributed by atoms with Crippen molar-refractivity contribution >= 4 is 11.5 Å². The van der Waals surface area contributed by atoms with Crippen LogP contribution in [0.3, 0.4) is 0 Å². The summed E-state index contributed by atoms with van der Waals surface area (Å²) < 4.78 is 10.7. The first-order valence-electron chi connectivity index (χ1n) is 6.00. The molecule has 94 valence electrons. The fourth-order valence-electron chi connectivity index (χ4n) is 1.80. The van der Waals surface area contributed by atoms with Crippen molar-refractivity contribution in [3.63, 3.8) is 0 Å². The molecule has 1 unspecified atom stereocenters. The van der Waals surface area contributed by atoms with Crippen LogP contribution in [0.5, 0.6) is 5.88 Å². The summed E-state index contributed by atoms with van der Waals surface area (Å²) in [7, 11) is 0. The zero-order valence-corrected chi connectivity index (χ0v) is 10.1. The number of hydrogen-bond acceptors (Lipinski definition) is 5. The molecule has 0 aliphatic carbocycles. The highest BCUT2D eigenvalue weighted by Crippen LogP contribution is 2.21. The summed E-state index contributed by atoms with van der Waals surface area (Å²) in [6, 6.07) is 3.68. The van der Waals surface area contributed by atoms with Gasteiger partial charge in [-0.25, -0.2) is 0 Å². The molecule has 0 amide bonds. The minimum atomic E-state index is 0.500. The van der Waals surface area contributed by atoms with Crippen LogP contribution in [0.1, 0.15) is 13.3 Å². The van der Waals surface area contributed by atoms with E-state index < -0.39 is 0 Å². The van der Waals surface area contributed by atoms with Crippen LogP contribution in [-0.4, -0.2) is 31.3 Å². The van der Waals surface area contributed by atoms with Crippen molar-refractivity contribution in [3.8, 4) is 5.88 Å². The Labute approximate surface area is 101 Å². The highest BCUT2D eigenvalue weighted by atomic mass is 16.5. The van der Waals surface area contributed by atoms with Crippen LogP contribution in [0.2, 0.25) is 0 Å². The molecule has 1 aromatic heterocycles. The Morgan fingerprint density at radius 1 is 1.59 bits per heavy atom. The van der Waals surface area contributed by atoms with Gasteiger partial charge in [0.25, 0.3) is 0 Å². The lowest BCUT2D eigenvalue weighted by molar-refractivity contribution is 0.187. The van der Waals surface area contributed by atoms with Crippen LogP contribution < -0.4 is 15.8 Å². The number of ether oxygens (including phenoxy) is 2. The molecule has 1 atom stereocenters. The molecular weight excluding hydrogens is 218 g/mol. The second-order valence-electron chi connectivity index (χ2n) is 4.13. The quantitative estimate of drug-likeness (QED) is 0.812. The average molecular weight is 237 g/mol. The number of rotatable bonds is 5. The Hall–Kier alpha value is -1.49. The molecule has 5 heteroatoms.